The van der Waals surface area contributed by atoms with Gasteiger partial charge in [-0.15, -0.1) is 22.9 Å². The van der Waals surface area contributed by atoms with Gasteiger partial charge < -0.3 is 5.11 Å². The molecule has 0 spiro atoms. The van der Waals surface area contributed by atoms with Crippen LogP contribution in [0.25, 0.3) is 0 Å². The van der Waals surface area contributed by atoms with Crippen molar-refractivity contribution in [2.24, 2.45) is 5.92 Å². The van der Waals surface area contributed by atoms with Crippen LogP contribution in [0.2, 0.25) is 0 Å². The smallest absolute Gasteiger partial charge is 0.107 e. The van der Waals surface area contributed by atoms with E-state index >= 15 is 0 Å². The van der Waals surface area contributed by atoms with E-state index in [4.69, 9.17) is 11.6 Å². The Morgan fingerprint density at radius 1 is 1.75 bits per heavy atom. The number of thiazole rings is 1. The molecular weight excluding hydrogens is 244 g/mol. The Morgan fingerprint density at radius 2 is 2.56 bits per heavy atom. The molecule has 1 aromatic heterocycles. The number of hydrogen-bond donors (Lipinski definition) is 1. The maximum atomic E-state index is 9.52. The Balaban J connectivity index is 1.87. The first-order valence-electron chi connectivity index (χ1n) is 5.58. The van der Waals surface area contributed by atoms with E-state index in [2.05, 4.69) is 9.88 Å². The third-order valence-electron chi connectivity index (χ3n) is 3.09. The van der Waals surface area contributed by atoms with E-state index in [-0.39, 0.29) is 6.10 Å². The van der Waals surface area contributed by atoms with E-state index in [0.717, 1.165) is 36.8 Å². The van der Waals surface area contributed by atoms with Crippen LogP contribution < -0.4 is 0 Å². The quantitative estimate of drug-likeness (QED) is 0.843. The Morgan fingerprint density at radius 3 is 3.12 bits per heavy atom. The van der Waals surface area contributed by atoms with Crippen LogP contribution in [0.3, 0.4) is 0 Å². The van der Waals surface area contributed by atoms with E-state index < -0.39 is 0 Å². The van der Waals surface area contributed by atoms with Crippen LogP contribution in [0.1, 0.15) is 24.0 Å². The van der Waals surface area contributed by atoms with Crippen LogP contribution in [0.15, 0.2) is 5.38 Å². The molecule has 0 aromatic carbocycles. The third-order valence-corrected chi connectivity index (χ3v) is 4.24. The van der Waals surface area contributed by atoms with Crippen LogP contribution in [0, 0.1) is 5.92 Å². The maximum Gasteiger partial charge on any atom is 0.107 e. The van der Waals surface area contributed by atoms with E-state index in [1.165, 1.54) is 0 Å². The molecule has 1 aliphatic rings. The lowest BCUT2D eigenvalue weighted by Crippen LogP contribution is -2.23. The molecule has 16 heavy (non-hydrogen) atoms. The molecule has 0 radical (unpaired) electrons. The Labute approximate surface area is 105 Å². The summed E-state index contributed by atoms with van der Waals surface area (Å²) in [4.78, 5) is 6.80. The van der Waals surface area contributed by atoms with Gasteiger partial charge in [0.2, 0.25) is 0 Å². The Kier molecular flexibility index (Phi) is 4.19. The van der Waals surface area contributed by atoms with Gasteiger partial charge in [0.15, 0.2) is 0 Å². The number of alkyl halides is 1. The molecule has 1 N–H and O–H groups in total. The molecule has 0 amide bonds. The molecule has 1 aromatic rings. The minimum absolute atomic E-state index is 0.195. The van der Waals surface area contributed by atoms with Gasteiger partial charge in [0.25, 0.3) is 0 Å². The average molecular weight is 261 g/mol. The summed E-state index contributed by atoms with van der Waals surface area (Å²) in [5.41, 5.74) is 0.966. The summed E-state index contributed by atoms with van der Waals surface area (Å²) in [6.45, 7) is 4.81. The topological polar surface area (TPSA) is 36.4 Å². The number of nitrogens with zero attached hydrogens (tertiary/aromatic N) is 2. The highest BCUT2D eigenvalue weighted by Crippen LogP contribution is 2.22. The van der Waals surface area contributed by atoms with E-state index in [9.17, 15) is 5.11 Å². The number of aliphatic hydroxyl groups is 1. The fourth-order valence-corrected chi connectivity index (χ4v) is 3.14. The molecule has 2 rings (SSSR count). The highest BCUT2D eigenvalue weighted by molar-refractivity contribution is 7.09. The van der Waals surface area contributed by atoms with Crippen molar-refractivity contribution in [1.82, 2.24) is 9.88 Å². The van der Waals surface area contributed by atoms with Gasteiger partial charge in [0.1, 0.15) is 5.01 Å². The van der Waals surface area contributed by atoms with Crippen molar-refractivity contribution in [2.75, 3.05) is 13.1 Å². The van der Waals surface area contributed by atoms with Crippen molar-refractivity contribution in [2.45, 2.75) is 31.9 Å². The predicted molar refractivity (Wildman–Crippen MR) is 66.7 cm³/mol. The van der Waals surface area contributed by atoms with Crippen molar-refractivity contribution >= 4 is 22.9 Å². The van der Waals surface area contributed by atoms with Gasteiger partial charge in [-0.3, -0.25) is 4.90 Å². The minimum Gasteiger partial charge on any atom is -0.393 e. The van der Waals surface area contributed by atoms with Crippen molar-refractivity contribution in [3.63, 3.8) is 0 Å². The van der Waals surface area contributed by atoms with Gasteiger partial charge in [0, 0.05) is 11.9 Å². The first-order valence-corrected chi connectivity index (χ1v) is 7.00. The number of hydrogen-bond acceptors (Lipinski definition) is 4. The number of likely N-dealkylation sites (tertiary alicyclic amines) is 1. The molecule has 0 aliphatic carbocycles. The number of rotatable bonds is 4. The van der Waals surface area contributed by atoms with Crippen molar-refractivity contribution in [3.05, 3.63) is 16.1 Å². The fraction of sp³-hybridized carbons (Fsp3) is 0.727. The monoisotopic (exact) mass is 260 g/mol. The predicted octanol–water partition coefficient (Wildman–Crippen LogP) is 2.08. The summed E-state index contributed by atoms with van der Waals surface area (Å²) in [5.74, 6) is 0.916. The second-order valence-corrected chi connectivity index (χ2v) is 5.60. The molecule has 1 saturated heterocycles. The lowest BCUT2D eigenvalue weighted by atomic mass is 10.0. The maximum absolute atomic E-state index is 9.52. The van der Waals surface area contributed by atoms with Crippen molar-refractivity contribution in [3.8, 4) is 0 Å². The second kappa shape index (κ2) is 5.45. The SMILES string of the molecule is CC(O)C1CCN(Cc2nc(CCl)cs2)C1. The molecule has 1 aliphatic heterocycles. The van der Waals surface area contributed by atoms with Gasteiger partial charge in [-0.25, -0.2) is 4.98 Å². The van der Waals surface area contributed by atoms with Crippen LogP contribution >= 0.6 is 22.9 Å². The zero-order valence-corrected chi connectivity index (χ0v) is 11.0. The molecule has 2 atom stereocenters. The molecule has 0 bridgehead atoms. The lowest BCUT2D eigenvalue weighted by molar-refractivity contribution is 0.127. The molecule has 5 heteroatoms. The largest absolute Gasteiger partial charge is 0.393 e. The van der Waals surface area contributed by atoms with Gasteiger partial charge in [-0.2, -0.15) is 0 Å². The molecule has 2 heterocycles. The Bertz CT molecular complexity index is 342. The molecular formula is C11H17ClN2OS. The summed E-state index contributed by atoms with van der Waals surface area (Å²) < 4.78 is 0. The molecule has 3 nitrogen and oxygen atoms in total. The van der Waals surface area contributed by atoms with Crippen LogP contribution in [0.4, 0.5) is 0 Å². The Hall–Kier alpha value is -0.160. The number of aromatic nitrogens is 1. The van der Waals surface area contributed by atoms with E-state index in [1.54, 1.807) is 11.3 Å². The van der Waals surface area contributed by atoms with Crippen LogP contribution in [-0.4, -0.2) is 34.2 Å². The summed E-state index contributed by atoms with van der Waals surface area (Å²) in [7, 11) is 0. The van der Waals surface area contributed by atoms with E-state index in [1.807, 2.05) is 12.3 Å². The van der Waals surface area contributed by atoms with Gasteiger partial charge in [-0.1, -0.05) is 0 Å². The summed E-state index contributed by atoms with van der Waals surface area (Å²) >= 11 is 7.39. The van der Waals surface area contributed by atoms with Crippen molar-refractivity contribution < 1.29 is 5.11 Å². The third kappa shape index (κ3) is 2.94. The summed E-state index contributed by atoms with van der Waals surface area (Å²) in [5, 5.41) is 12.7. The molecule has 1 fully saturated rings. The lowest BCUT2D eigenvalue weighted by Gasteiger charge is -2.15. The second-order valence-electron chi connectivity index (χ2n) is 4.39. The molecule has 0 saturated carbocycles. The number of halogens is 1. The first-order chi connectivity index (χ1) is 7.69. The van der Waals surface area contributed by atoms with E-state index in [0.29, 0.717) is 11.8 Å². The van der Waals surface area contributed by atoms with Gasteiger partial charge in [0.05, 0.1) is 24.2 Å². The average Bonchev–Trinajstić information content (AvgIpc) is 2.87. The zero-order chi connectivity index (χ0) is 11.5. The summed E-state index contributed by atoms with van der Waals surface area (Å²) in [6.07, 6.45) is 0.894. The molecule has 2 unspecified atom stereocenters. The standard InChI is InChI=1S/C11H17ClN2OS/c1-8(15)9-2-3-14(5-9)6-11-13-10(4-12)7-16-11/h7-9,15H,2-6H2,1H3. The molecule has 90 valence electrons. The van der Waals surface area contributed by atoms with Gasteiger partial charge in [-0.05, 0) is 25.8 Å². The normalized spacial score (nSPS) is 23.8. The first kappa shape index (κ1) is 12.3. The minimum atomic E-state index is -0.195. The zero-order valence-electron chi connectivity index (χ0n) is 9.40. The number of aliphatic hydroxyl groups excluding tert-OH is 1. The highest BCUT2D eigenvalue weighted by Gasteiger charge is 2.26. The van der Waals surface area contributed by atoms with Crippen molar-refractivity contribution in [1.29, 1.82) is 0 Å². The van der Waals surface area contributed by atoms with Crippen LogP contribution in [-0.2, 0) is 12.4 Å². The summed E-state index contributed by atoms with van der Waals surface area (Å²) in [6, 6.07) is 0. The highest BCUT2D eigenvalue weighted by atomic mass is 35.5. The van der Waals surface area contributed by atoms with Gasteiger partial charge >= 0.3 is 0 Å². The fourth-order valence-electron chi connectivity index (χ4n) is 2.07. The van der Waals surface area contributed by atoms with Crippen LogP contribution in [0.5, 0.6) is 0 Å².